The zero-order chi connectivity index (χ0) is 21.4. The van der Waals surface area contributed by atoms with Gasteiger partial charge in [0.1, 0.15) is 5.75 Å². The number of nitrogens with one attached hydrogen (secondary N) is 1. The van der Waals surface area contributed by atoms with Gasteiger partial charge in [-0.2, -0.15) is 22.0 Å². The molecule has 0 aliphatic rings. The maximum Gasteiger partial charge on any atom is 0.416 e. The summed E-state index contributed by atoms with van der Waals surface area (Å²) in [5.41, 5.74) is -0.475. The number of rotatable bonds is 7. The smallest absolute Gasteiger partial charge is 0.416 e. The van der Waals surface area contributed by atoms with Gasteiger partial charge in [-0.15, -0.1) is 0 Å². The molecule has 1 N–H and O–H groups in total. The minimum atomic E-state index is -4.51. The lowest BCUT2D eigenvalue weighted by molar-refractivity contribution is -0.142. The highest BCUT2D eigenvalue weighted by atomic mass is 19.4. The summed E-state index contributed by atoms with van der Waals surface area (Å²) in [6.07, 6.45) is -2.50. The third kappa shape index (κ3) is 7.60. The van der Waals surface area contributed by atoms with Gasteiger partial charge in [-0.05, 0) is 48.0 Å². The summed E-state index contributed by atoms with van der Waals surface area (Å²) in [6, 6.07) is 9.36. The fourth-order valence-corrected chi connectivity index (χ4v) is 2.08. The van der Waals surface area contributed by atoms with Crippen LogP contribution in [0.4, 0.5) is 27.6 Å². The maximum atomic E-state index is 12.6. The first-order valence-electron chi connectivity index (χ1n) is 8.00. The lowest BCUT2D eigenvalue weighted by atomic mass is 10.1. The molecular weight excluding hydrogens is 401 g/mol. The van der Waals surface area contributed by atoms with Crippen molar-refractivity contribution in [1.82, 2.24) is 0 Å². The third-order valence-corrected chi connectivity index (χ3v) is 3.33. The van der Waals surface area contributed by atoms with E-state index in [9.17, 15) is 31.5 Å². The normalized spacial score (nSPS) is 11.5. The Balaban J connectivity index is 1.83. The summed E-state index contributed by atoms with van der Waals surface area (Å²) in [7, 11) is 0. The first kappa shape index (κ1) is 21.9. The molecule has 0 heterocycles. The number of hydrogen-bond acceptors (Lipinski definition) is 4. The number of carbonyl (C=O) groups excluding carboxylic acids is 2. The Bertz CT molecular complexity index is 879. The molecule has 10 heteroatoms. The predicted octanol–water partition coefficient (Wildman–Crippen LogP) is 4.50. The first-order valence-corrected chi connectivity index (χ1v) is 8.00. The average molecular weight is 415 g/mol. The summed E-state index contributed by atoms with van der Waals surface area (Å²) < 4.78 is 70.9. The number of amides is 1. The molecule has 0 aliphatic carbocycles. The summed E-state index contributed by atoms with van der Waals surface area (Å²) in [4.78, 5) is 23.3. The van der Waals surface area contributed by atoms with E-state index in [1.54, 1.807) is 0 Å². The van der Waals surface area contributed by atoms with Crippen LogP contribution >= 0.6 is 0 Å². The van der Waals surface area contributed by atoms with Gasteiger partial charge in [-0.3, -0.25) is 4.79 Å². The van der Waals surface area contributed by atoms with Crippen molar-refractivity contribution in [2.24, 2.45) is 0 Å². The van der Waals surface area contributed by atoms with Crippen molar-refractivity contribution in [3.8, 4) is 5.75 Å². The number of carbonyl (C=O) groups is 2. The predicted molar refractivity (Wildman–Crippen MR) is 93.1 cm³/mol. The molecule has 0 bridgehead atoms. The van der Waals surface area contributed by atoms with Crippen LogP contribution in [-0.4, -0.2) is 25.1 Å². The quantitative estimate of drug-likeness (QED) is 0.411. The van der Waals surface area contributed by atoms with Gasteiger partial charge in [0.2, 0.25) is 0 Å². The van der Waals surface area contributed by atoms with E-state index < -0.39 is 36.8 Å². The fourth-order valence-electron chi connectivity index (χ4n) is 2.08. The Morgan fingerprint density at radius 2 is 1.76 bits per heavy atom. The molecule has 0 fully saturated rings. The van der Waals surface area contributed by atoms with Crippen LogP contribution < -0.4 is 10.1 Å². The van der Waals surface area contributed by atoms with Crippen LogP contribution in [-0.2, 0) is 20.5 Å². The van der Waals surface area contributed by atoms with Gasteiger partial charge in [0, 0.05) is 11.8 Å². The highest BCUT2D eigenvalue weighted by Crippen LogP contribution is 2.29. The van der Waals surface area contributed by atoms with Crippen molar-refractivity contribution < 1.29 is 41.0 Å². The van der Waals surface area contributed by atoms with Crippen molar-refractivity contribution in [2.75, 3.05) is 11.9 Å². The Kier molecular flexibility index (Phi) is 7.29. The molecule has 0 aromatic heterocycles. The number of anilines is 1. The average Bonchev–Trinajstić information content (AvgIpc) is 2.65. The van der Waals surface area contributed by atoms with Crippen molar-refractivity contribution in [3.05, 3.63) is 65.7 Å². The maximum absolute atomic E-state index is 12.6. The van der Waals surface area contributed by atoms with E-state index in [1.807, 2.05) is 0 Å². The molecule has 29 heavy (non-hydrogen) atoms. The van der Waals surface area contributed by atoms with Gasteiger partial charge >= 0.3 is 18.8 Å². The van der Waals surface area contributed by atoms with Crippen molar-refractivity contribution >= 4 is 23.6 Å². The van der Waals surface area contributed by atoms with E-state index >= 15 is 0 Å². The highest BCUT2D eigenvalue weighted by molar-refractivity contribution is 5.94. The lowest BCUT2D eigenvalue weighted by Crippen LogP contribution is -2.20. The molecule has 2 rings (SSSR count). The second-order valence-corrected chi connectivity index (χ2v) is 5.52. The number of ether oxygens (including phenoxy) is 2. The van der Waals surface area contributed by atoms with Crippen LogP contribution in [0.15, 0.2) is 54.6 Å². The number of esters is 1. The van der Waals surface area contributed by atoms with E-state index in [4.69, 9.17) is 0 Å². The molecular formula is C19H14F5NO4. The van der Waals surface area contributed by atoms with E-state index in [1.165, 1.54) is 36.4 Å². The summed E-state index contributed by atoms with van der Waals surface area (Å²) >= 11 is 0. The van der Waals surface area contributed by atoms with Gasteiger partial charge in [0.25, 0.3) is 5.91 Å². The number of benzene rings is 2. The van der Waals surface area contributed by atoms with Gasteiger partial charge in [-0.1, -0.05) is 12.1 Å². The van der Waals surface area contributed by atoms with Crippen LogP contribution in [0.2, 0.25) is 0 Å². The third-order valence-electron chi connectivity index (χ3n) is 3.33. The molecule has 0 saturated heterocycles. The van der Waals surface area contributed by atoms with Crippen molar-refractivity contribution in [3.63, 3.8) is 0 Å². The highest BCUT2D eigenvalue weighted by Gasteiger charge is 2.30. The number of alkyl halides is 5. The molecule has 0 unspecified atom stereocenters. The zero-order valence-electron chi connectivity index (χ0n) is 14.6. The minimum absolute atomic E-state index is 0.0934. The molecule has 0 saturated carbocycles. The van der Waals surface area contributed by atoms with Crippen molar-refractivity contribution in [2.45, 2.75) is 12.8 Å². The minimum Gasteiger partial charge on any atom is -0.452 e. The van der Waals surface area contributed by atoms with E-state index in [0.717, 1.165) is 24.3 Å². The Labute approximate surface area is 161 Å². The second-order valence-electron chi connectivity index (χ2n) is 5.52. The van der Waals surface area contributed by atoms with Crippen LogP contribution in [0, 0.1) is 0 Å². The molecule has 2 aromatic carbocycles. The molecule has 0 radical (unpaired) electrons. The fraction of sp³-hybridized carbons (Fsp3) is 0.158. The monoisotopic (exact) mass is 415 g/mol. The largest absolute Gasteiger partial charge is 0.452 e. The topological polar surface area (TPSA) is 64.6 Å². The molecule has 5 nitrogen and oxygen atoms in total. The first-order chi connectivity index (χ1) is 13.6. The number of halogens is 5. The zero-order valence-corrected chi connectivity index (χ0v) is 14.6. The van der Waals surface area contributed by atoms with E-state index in [2.05, 4.69) is 14.8 Å². The Hall–Kier alpha value is -3.43. The molecule has 0 spiro atoms. The second kappa shape index (κ2) is 9.67. The lowest BCUT2D eigenvalue weighted by Gasteiger charge is -2.08. The molecule has 0 atom stereocenters. The van der Waals surface area contributed by atoms with Gasteiger partial charge in [0.05, 0.1) is 5.56 Å². The standard InChI is InChI=1S/C19H14F5NO4/c20-18(21)29-15-7-5-14(6-8-15)25-16(26)11-28-17(27)9-4-12-2-1-3-13(10-12)19(22,23)24/h1-10,18H,11H2,(H,25,26)/b9-4+. The van der Waals surface area contributed by atoms with Crippen LogP contribution in [0.1, 0.15) is 11.1 Å². The molecule has 154 valence electrons. The van der Waals surface area contributed by atoms with Crippen LogP contribution in [0.3, 0.4) is 0 Å². The number of hydrogen-bond donors (Lipinski definition) is 1. The Morgan fingerprint density at radius 3 is 2.38 bits per heavy atom. The van der Waals surface area contributed by atoms with Gasteiger partial charge in [-0.25, -0.2) is 4.79 Å². The summed E-state index contributed by atoms with van der Waals surface area (Å²) in [5.74, 6) is -1.73. The van der Waals surface area contributed by atoms with Gasteiger partial charge < -0.3 is 14.8 Å². The van der Waals surface area contributed by atoms with Gasteiger partial charge in [0.15, 0.2) is 6.61 Å². The summed E-state index contributed by atoms with van der Waals surface area (Å²) in [6.45, 7) is -3.63. The molecule has 1 amide bonds. The Morgan fingerprint density at radius 1 is 1.07 bits per heavy atom. The SMILES string of the molecule is O=C(COC(=O)/C=C/c1cccc(C(F)(F)F)c1)Nc1ccc(OC(F)F)cc1. The van der Waals surface area contributed by atoms with Crippen LogP contribution in [0.5, 0.6) is 5.75 Å². The molecule has 0 aliphatic heterocycles. The van der Waals surface area contributed by atoms with Crippen molar-refractivity contribution in [1.29, 1.82) is 0 Å². The summed E-state index contributed by atoms with van der Waals surface area (Å²) in [5, 5.41) is 2.37. The van der Waals surface area contributed by atoms with E-state index in [-0.39, 0.29) is 17.0 Å². The van der Waals surface area contributed by atoms with Crippen LogP contribution in [0.25, 0.3) is 6.08 Å². The molecule has 2 aromatic rings. The van der Waals surface area contributed by atoms with E-state index in [0.29, 0.717) is 0 Å².